The molecule has 1 aromatic heterocycles. The van der Waals surface area contributed by atoms with Crippen molar-refractivity contribution >= 4 is 51.4 Å². The van der Waals surface area contributed by atoms with Crippen molar-refractivity contribution < 1.29 is 19.1 Å². The number of rotatable bonds is 11. The minimum Gasteiger partial charge on any atom is -0.493 e. The van der Waals surface area contributed by atoms with Crippen LogP contribution in [0.3, 0.4) is 0 Å². The van der Waals surface area contributed by atoms with Gasteiger partial charge >= 0.3 is 0 Å². The van der Waals surface area contributed by atoms with Gasteiger partial charge in [-0.2, -0.15) is 0 Å². The zero-order valence-corrected chi connectivity index (χ0v) is 21.7. The fourth-order valence-corrected chi connectivity index (χ4v) is 5.34. The Bertz CT molecular complexity index is 1350. The van der Waals surface area contributed by atoms with Crippen molar-refractivity contribution in [3.05, 3.63) is 77.3 Å². The van der Waals surface area contributed by atoms with Crippen LogP contribution in [0, 0.1) is 0 Å². The second kappa shape index (κ2) is 12.4. The van der Waals surface area contributed by atoms with Crippen molar-refractivity contribution in [2.24, 2.45) is 0 Å². The number of amides is 2. The Labute approximate surface area is 218 Å². The molecule has 4 rings (SSSR count). The molecule has 0 bridgehead atoms. The Hall–Kier alpha value is -3.56. The summed E-state index contributed by atoms with van der Waals surface area (Å²) in [7, 11) is 3.20. The first-order valence-electron chi connectivity index (χ1n) is 11.4. The van der Waals surface area contributed by atoms with Crippen LogP contribution in [0.1, 0.15) is 11.3 Å². The van der Waals surface area contributed by atoms with E-state index in [9.17, 15) is 9.59 Å². The summed E-state index contributed by atoms with van der Waals surface area (Å²) in [4.78, 5) is 29.3. The number of ether oxygens (including phenoxy) is 2. The number of thiazole rings is 1. The number of carbonyl (C=O) groups is 2. The Balaban J connectivity index is 1.21. The van der Waals surface area contributed by atoms with Gasteiger partial charge in [-0.15, -0.1) is 11.3 Å². The minimum absolute atomic E-state index is 0.0916. The molecule has 0 spiro atoms. The third-order valence-electron chi connectivity index (χ3n) is 5.45. The molecule has 3 aromatic carbocycles. The first-order valence-corrected chi connectivity index (χ1v) is 13.2. The third kappa shape index (κ3) is 6.77. The van der Waals surface area contributed by atoms with Crippen LogP contribution in [0.4, 0.5) is 5.69 Å². The lowest BCUT2D eigenvalue weighted by molar-refractivity contribution is -0.120. The van der Waals surface area contributed by atoms with Crippen molar-refractivity contribution in [2.45, 2.75) is 17.2 Å². The Morgan fingerprint density at radius 2 is 1.78 bits per heavy atom. The predicted molar refractivity (Wildman–Crippen MR) is 145 cm³/mol. The van der Waals surface area contributed by atoms with Crippen LogP contribution in [0.15, 0.2) is 70.4 Å². The van der Waals surface area contributed by atoms with Crippen molar-refractivity contribution in [3.63, 3.8) is 0 Å². The van der Waals surface area contributed by atoms with Gasteiger partial charge in [0.1, 0.15) is 0 Å². The summed E-state index contributed by atoms with van der Waals surface area (Å²) in [5.41, 5.74) is 2.53. The predicted octanol–water partition coefficient (Wildman–Crippen LogP) is 4.95. The molecule has 0 aliphatic heterocycles. The second-order valence-corrected chi connectivity index (χ2v) is 10.0. The highest BCUT2D eigenvalue weighted by atomic mass is 32.2. The molecule has 7 nitrogen and oxygen atoms in total. The van der Waals surface area contributed by atoms with Gasteiger partial charge in [0.05, 0.1) is 32.1 Å². The van der Waals surface area contributed by atoms with Gasteiger partial charge in [-0.05, 0) is 35.6 Å². The number of aromatic nitrogens is 1. The third-order valence-corrected chi connectivity index (χ3v) is 7.52. The van der Waals surface area contributed by atoms with E-state index in [1.165, 1.54) is 23.1 Å². The van der Waals surface area contributed by atoms with Crippen molar-refractivity contribution in [2.75, 3.05) is 31.8 Å². The van der Waals surface area contributed by atoms with Crippen LogP contribution in [0.5, 0.6) is 11.5 Å². The van der Waals surface area contributed by atoms with E-state index in [0.717, 1.165) is 26.4 Å². The summed E-state index contributed by atoms with van der Waals surface area (Å²) in [6.45, 7) is 0.508. The van der Waals surface area contributed by atoms with E-state index >= 15 is 0 Å². The van der Waals surface area contributed by atoms with Gasteiger partial charge in [-0.25, -0.2) is 4.98 Å². The molecule has 4 aromatic rings. The molecule has 2 N–H and O–H groups in total. The lowest BCUT2D eigenvalue weighted by Gasteiger charge is -2.10. The smallest absolute Gasteiger partial charge is 0.234 e. The molecule has 0 aliphatic rings. The SMILES string of the molecule is COc1ccc(CCNC(=O)Cc2csc(SCC(=O)Nc3cccc4ccccc34)n2)cc1OC. The topological polar surface area (TPSA) is 89.5 Å². The summed E-state index contributed by atoms with van der Waals surface area (Å²) in [5.74, 6) is 1.40. The van der Waals surface area contributed by atoms with E-state index in [1.807, 2.05) is 66.0 Å². The molecule has 2 amide bonds. The molecule has 36 heavy (non-hydrogen) atoms. The molecular weight excluding hydrogens is 494 g/mol. The standard InChI is InChI=1S/C27H27N3O4S2/c1-33-23-11-10-18(14-24(23)34-2)12-13-28-25(31)15-20-16-35-27(29-20)36-17-26(32)30-22-9-5-7-19-6-3-4-8-21(19)22/h3-11,14,16H,12-13,15,17H2,1-2H3,(H,28,31)(H,30,32). The maximum absolute atomic E-state index is 12.5. The fraction of sp³-hybridized carbons (Fsp3) is 0.222. The highest BCUT2D eigenvalue weighted by Gasteiger charge is 2.11. The van der Waals surface area contributed by atoms with E-state index < -0.39 is 0 Å². The van der Waals surface area contributed by atoms with Gasteiger partial charge in [-0.1, -0.05) is 54.2 Å². The van der Waals surface area contributed by atoms with E-state index in [1.54, 1.807) is 14.2 Å². The number of hydrogen-bond donors (Lipinski definition) is 2. The lowest BCUT2D eigenvalue weighted by atomic mass is 10.1. The van der Waals surface area contributed by atoms with E-state index in [0.29, 0.717) is 30.2 Å². The molecule has 0 saturated heterocycles. The van der Waals surface area contributed by atoms with Crippen LogP contribution in [0.2, 0.25) is 0 Å². The number of nitrogens with one attached hydrogen (secondary N) is 2. The molecule has 9 heteroatoms. The van der Waals surface area contributed by atoms with Crippen LogP contribution >= 0.6 is 23.1 Å². The largest absolute Gasteiger partial charge is 0.493 e. The number of fused-ring (bicyclic) bond motifs is 1. The molecule has 186 valence electrons. The van der Waals surface area contributed by atoms with Crippen molar-refractivity contribution in [1.82, 2.24) is 10.3 Å². The molecular formula is C27H27N3O4S2. The zero-order chi connectivity index (χ0) is 25.3. The first kappa shape index (κ1) is 25.5. The number of carbonyl (C=O) groups excluding carboxylic acids is 2. The van der Waals surface area contributed by atoms with Crippen molar-refractivity contribution in [1.29, 1.82) is 0 Å². The van der Waals surface area contributed by atoms with E-state index in [4.69, 9.17) is 9.47 Å². The first-order chi connectivity index (χ1) is 17.6. The molecule has 0 atom stereocenters. The molecule has 0 saturated carbocycles. The number of benzene rings is 3. The average Bonchev–Trinajstić information content (AvgIpc) is 3.34. The van der Waals surface area contributed by atoms with Gasteiger partial charge in [0.25, 0.3) is 0 Å². The van der Waals surface area contributed by atoms with Gasteiger partial charge < -0.3 is 20.1 Å². The molecule has 0 unspecified atom stereocenters. The number of hydrogen-bond acceptors (Lipinski definition) is 7. The average molecular weight is 522 g/mol. The summed E-state index contributed by atoms with van der Waals surface area (Å²) in [6, 6.07) is 19.5. The second-order valence-electron chi connectivity index (χ2n) is 7.93. The van der Waals surface area contributed by atoms with Gasteiger partial charge in [0.15, 0.2) is 15.8 Å². The molecule has 0 aliphatic carbocycles. The Morgan fingerprint density at radius 1 is 0.972 bits per heavy atom. The highest BCUT2D eigenvalue weighted by molar-refractivity contribution is 8.01. The Kier molecular flexibility index (Phi) is 8.80. The lowest BCUT2D eigenvalue weighted by Crippen LogP contribution is -2.27. The maximum Gasteiger partial charge on any atom is 0.234 e. The Morgan fingerprint density at radius 3 is 2.61 bits per heavy atom. The quantitative estimate of drug-likeness (QED) is 0.272. The van der Waals surface area contributed by atoms with Crippen LogP contribution in [-0.4, -0.2) is 43.3 Å². The van der Waals surface area contributed by atoms with E-state index in [-0.39, 0.29) is 24.0 Å². The summed E-state index contributed by atoms with van der Waals surface area (Å²) < 4.78 is 11.3. The van der Waals surface area contributed by atoms with E-state index in [2.05, 4.69) is 15.6 Å². The minimum atomic E-state index is -0.0963. The number of nitrogens with zero attached hydrogens (tertiary/aromatic N) is 1. The van der Waals surface area contributed by atoms with Gasteiger partial charge in [-0.3, -0.25) is 9.59 Å². The van der Waals surface area contributed by atoms with Crippen LogP contribution < -0.4 is 20.1 Å². The van der Waals surface area contributed by atoms with Crippen LogP contribution in [0.25, 0.3) is 10.8 Å². The molecule has 0 radical (unpaired) electrons. The van der Waals surface area contributed by atoms with Crippen molar-refractivity contribution in [3.8, 4) is 11.5 Å². The van der Waals surface area contributed by atoms with Gasteiger partial charge in [0, 0.05) is 23.0 Å². The highest BCUT2D eigenvalue weighted by Crippen LogP contribution is 2.28. The zero-order valence-electron chi connectivity index (χ0n) is 20.1. The molecule has 0 fully saturated rings. The monoisotopic (exact) mass is 521 g/mol. The van der Waals surface area contributed by atoms with Crippen LogP contribution in [-0.2, 0) is 22.4 Å². The maximum atomic E-state index is 12.5. The number of thioether (sulfide) groups is 1. The molecule has 1 heterocycles. The normalized spacial score (nSPS) is 10.7. The fourth-order valence-electron chi connectivity index (χ4n) is 3.69. The summed E-state index contributed by atoms with van der Waals surface area (Å²) in [5, 5.41) is 9.86. The summed E-state index contributed by atoms with van der Waals surface area (Å²) >= 11 is 2.80. The summed E-state index contributed by atoms with van der Waals surface area (Å²) in [6.07, 6.45) is 0.876. The number of anilines is 1. The van der Waals surface area contributed by atoms with Gasteiger partial charge in [0.2, 0.25) is 11.8 Å². The number of methoxy groups -OCH3 is 2.